The molecule has 1 aromatic rings. The number of ether oxygens (including phenoxy) is 1. The van der Waals surface area contributed by atoms with E-state index in [2.05, 4.69) is 40.4 Å². The first kappa shape index (κ1) is 18.0. The summed E-state index contributed by atoms with van der Waals surface area (Å²) in [6.45, 7) is 8.24. The first-order valence-corrected chi connectivity index (χ1v) is 8.31. The van der Waals surface area contributed by atoms with Gasteiger partial charge in [0.25, 0.3) is 5.91 Å². The zero-order chi connectivity index (χ0) is 15.7. The Bertz CT molecular complexity index is 452. The summed E-state index contributed by atoms with van der Waals surface area (Å²) in [7, 11) is 0. The fourth-order valence-corrected chi connectivity index (χ4v) is 2.25. The highest BCUT2D eigenvalue weighted by Gasteiger charge is 2.15. The predicted octanol–water partition coefficient (Wildman–Crippen LogP) is 3.24. The van der Waals surface area contributed by atoms with Crippen LogP contribution in [-0.4, -0.2) is 25.1 Å². The third-order valence-electron chi connectivity index (χ3n) is 3.09. The number of nitrogens with one attached hydrogen (secondary N) is 2. The molecule has 0 aromatic heterocycles. The summed E-state index contributed by atoms with van der Waals surface area (Å²) in [4.78, 5) is 12.0. The summed E-state index contributed by atoms with van der Waals surface area (Å²) in [6, 6.07) is 5.83. The van der Waals surface area contributed by atoms with Gasteiger partial charge >= 0.3 is 0 Å². The monoisotopic (exact) mass is 356 g/mol. The lowest BCUT2D eigenvalue weighted by Gasteiger charge is -2.17. The van der Waals surface area contributed by atoms with Gasteiger partial charge in [0.05, 0.1) is 0 Å². The van der Waals surface area contributed by atoms with Crippen LogP contribution in [0.4, 0.5) is 0 Å². The molecule has 0 bridgehead atoms. The van der Waals surface area contributed by atoms with Crippen LogP contribution in [0.1, 0.15) is 39.2 Å². The molecule has 0 heterocycles. The molecule has 0 radical (unpaired) electrons. The minimum atomic E-state index is -0.497. The normalized spacial score (nSPS) is 12.0. The molecule has 118 valence electrons. The Balaban J connectivity index is 2.65. The van der Waals surface area contributed by atoms with Crippen molar-refractivity contribution >= 4 is 21.8 Å². The molecule has 2 N–H and O–H groups in total. The van der Waals surface area contributed by atoms with Crippen molar-refractivity contribution in [1.82, 2.24) is 10.6 Å². The highest BCUT2D eigenvalue weighted by molar-refractivity contribution is 9.10. The third kappa shape index (κ3) is 6.48. The molecule has 1 atom stereocenters. The van der Waals surface area contributed by atoms with E-state index in [1.807, 2.05) is 18.2 Å². The van der Waals surface area contributed by atoms with Crippen LogP contribution in [0.15, 0.2) is 22.7 Å². The zero-order valence-corrected chi connectivity index (χ0v) is 14.6. The van der Waals surface area contributed by atoms with Crippen LogP contribution < -0.4 is 15.4 Å². The average Bonchev–Trinajstić information content (AvgIpc) is 2.47. The van der Waals surface area contributed by atoms with Crippen molar-refractivity contribution in [3.8, 4) is 5.75 Å². The maximum absolute atomic E-state index is 12.0. The minimum Gasteiger partial charge on any atom is -0.481 e. The number of carbonyl (C=O) groups excluding carboxylic acids is 1. The van der Waals surface area contributed by atoms with Gasteiger partial charge in [-0.25, -0.2) is 0 Å². The van der Waals surface area contributed by atoms with Crippen LogP contribution >= 0.6 is 15.9 Å². The maximum Gasteiger partial charge on any atom is 0.260 e. The Morgan fingerprint density at radius 1 is 1.38 bits per heavy atom. The molecular weight excluding hydrogens is 332 g/mol. The van der Waals surface area contributed by atoms with E-state index in [4.69, 9.17) is 4.74 Å². The van der Waals surface area contributed by atoms with E-state index in [0.29, 0.717) is 6.54 Å². The van der Waals surface area contributed by atoms with E-state index in [-0.39, 0.29) is 5.91 Å². The Hall–Kier alpha value is -1.07. The maximum atomic E-state index is 12.0. The molecule has 1 rings (SSSR count). The van der Waals surface area contributed by atoms with E-state index < -0.39 is 6.10 Å². The first-order valence-electron chi connectivity index (χ1n) is 7.52. The van der Waals surface area contributed by atoms with Crippen molar-refractivity contribution in [1.29, 1.82) is 0 Å². The van der Waals surface area contributed by atoms with Crippen molar-refractivity contribution < 1.29 is 9.53 Å². The fraction of sp³-hybridized carbons (Fsp3) is 0.562. The number of hydrogen-bond donors (Lipinski definition) is 2. The van der Waals surface area contributed by atoms with E-state index in [1.54, 1.807) is 6.92 Å². The quantitative estimate of drug-likeness (QED) is 0.667. The molecule has 0 spiro atoms. The van der Waals surface area contributed by atoms with Crippen molar-refractivity contribution in [2.24, 2.45) is 0 Å². The van der Waals surface area contributed by atoms with Gasteiger partial charge in [-0.2, -0.15) is 0 Å². The zero-order valence-electron chi connectivity index (χ0n) is 13.0. The molecule has 0 aliphatic rings. The van der Waals surface area contributed by atoms with Crippen molar-refractivity contribution in [2.45, 2.75) is 46.3 Å². The van der Waals surface area contributed by atoms with Gasteiger partial charge in [0.1, 0.15) is 5.75 Å². The van der Waals surface area contributed by atoms with E-state index in [1.165, 1.54) is 0 Å². The molecule has 0 aliphatic heterocycles. The Labute approximate surface area is 135 Å². The standard InChI is InChI=1S/C16H25BrN2O2/c1-4-6-9-19-16(20)12(3)21-15-8-7-14(17)10-13(15)11-18-5-2/h7-8,10,12,18H,4-6,9,11H2,1-3H3,(H,19,20). The Morgan fingerprint density at radius 3 is 2.81 bits per heavy atom. The lowest BCUT2D eigenvalue weighted by atomic mass is 10.2. The number of benzene rings is 1. The summed E-state index contributed by atoms with van der Waals surface area (Å²) in [5.41, 5.74) is 1.04. The number of carbonyl (C=O) groups is 1. The topological polar surface area (TPSA) is 50.4 Å². The number of rotatable bonds is 9. The van der Waals surface area contributed by atoms with Gasteiger partial charge in [-0.15, -0.1) is 0 Å². The van der Waals surface area contributed by atoms with Gasteiger partial charge in [-0.1, -0.05) is 36.2 Å². The number of amides is 1. The highest BCUT2D eigenvalue weighted by atomic mass is 79.9. The van der Waals surface area contributed by atoms with E-state index >= 15 is 0 Å². The molecule has 1 unspecified atom stereocenters. The van der Waals surface area contributed by atoms with Crippen LogP contribution in [-0.2, 0) is 11.3 Å². The third-order valence-corrected chi connectivity index (χ3v) is 3.58. The van der Waals surface area contributed by atoms with Gasteiger partial charge < -0.3 is 15.4 Å². The second-order valence-corrected chi connectivity index (χ2v) is 5.85. The number of hydrogen-bond acceptors (Lipinski definition) is 3. The van der Waals surface area contributed by atoms with Crippen molar-refractivity contribution in [2.75, 3.05) is 13.1 Å². The van der Waals surface area contributed by atoms with Gasteiger partial charge in [0, 0.05) is 23.1 Å². The highest BCUT2D eigenvalue weighted by Crippen LogP contribution is 2.24. The molecule has 5 heteroatoms. The summed E-state index contributed by atoms with van der Waals surface area (Å²) in [6.07, 6.45) is 1.56. The van der Waals surface area contributed by atoms with Crippen molar-refractivity contribution in [3.05, 3.63) is 28.2 Å². The Kier molecular flexibility index (Phi) is 8.38. The average molecular weight is 357 g/mol. The Morgan fingerprint density at radius 2 is 2.14 bits per heavy atom. The lowest BCUT2D eigenvalue weighted by molar-refractivity contribution is -0.127. The predicted molar refractivity (Wildman–Crippen MR) is 89.5 cm³/mol. The molecule has 1 amide bonds. The molecule has 0 saturated heterocycles. The molecule has 0 saturated carbocycles. The fourth-order valence-electron chi connectivity index (χ4n) is 1.84. The van der Waals surface area contributed by atoms with Gasteiger partial charge in [-0.3, -0.25) is 4.79 Å². The first-order chi connectivity index (χ1) is 10.1. The van der Waals surface area contributed by atoms with Crippen LogP contribution in [0.3, 0.4) is 0 Å². The summed E-state index contributed by atoms with van der Waals surface area (Å²) < 4.78 is 6.82. The van der Waals surface area contributed by atoms with Gasteiger partial charge in [0.15, 0.2) is 6.10 Å². The van der Waals surface area contributed by atoms with Crippen LogP contribution in [0, 0.1) is 0 Å². The SMILES string of the molecule is CCCCNC(=O)C(C)Oc1ccc(Br)cc1CNCC. The molecule has 21 heavy (non-hydrogen) atoms. The molecule has 4 nitrogen and oxygen atoms in total. The smallest absolute Gasteiger partial charge is 0.260 e. The molecule has 0 aliphatic carbocycles. The van der Waals surface area contributed by atoms with Gasteiger partial charge in [0.2, 0.25) is 0 Å². The molecule has 0 fully saturated rings. The summed E-state index contributed by atoms with van der Waals surface area (Å²) >= 11 is 3.46. The number of halogens is 1. The van der Waals surface area contributed by atoms with E-state index in [9.17, 15) is 4.79 Å². The van der Waals surface area contributed by atoms with Crippen molar-refractivity contribution in [3.63, 3.8) is 0 Å². The van der Waals surface area contributed by atoms with Crippen LogP contribution in [0.25, 0.3) is 0 Å². The largest absolute Gasteiger partial charge is 0.481 e. The number of unbranched alkanes of at least 4 members (excludes halogenated alkanes) is 1. The van der Waals surface area contributed by atoms with Crippen LogP contribution in [0.5, 0.6) is 5.75 Å². The second kappa shape index (κ2) is 9.79. The van der Waals surface area contributed by atoms with Crippen LogP contribution in [0.2, 0.25) is 0 Å². The molecule has 1 aromatic carbocycles. The van der Waals surface area contributed by atoms with Gasteiger partial charge in [-0.05, 0) is 38.1 Å². The summed E-state index contributed by atoms with van der Waals surface area (Å²) in [5.74, 6) is 0.679. The minimum absolute atomic E-state index is 0.0687. The van der Waals surface area contributed by atoms with E-state index in [0.717, 1.165) is 41.7 Å². The summed E-state index contributed by atoms with van der Waals surface area (Å²) in [5, 5.41) is 6.16. The molecular formula is C16H25BrN2O2. The second-order valence-electron chi connectivity index (χ2n) is 4.94. The lowest BCUT2D eigenvalue weighted by Crippen LogP contribution is -2.37.